The molecular weight excluding hydrogens is 338 g/mol. The minimum absolute atomic E-state index is 0.00295. The highest BCUT2D eigenvalue weighted by Gasteiger charge is 2.37. The number of carbonyl (C=O) groups is 2. The normalized spacial score (nSPS) is 20.2. The topological polar surface area (TPSA) is 77.3 Å². The number of hydrogen-bond donors (Lipinski definition) is 0. The molecule has 0 heterocycles. The molecule has 0 bridgehead atoms. The van der Waals surface area contributed by atoms with Gasteiger partial charge in [-0.25, -0.2) is 0 Å². The first kappa shape index (κ1) is 17.4. The maximum Gasteiger partial charge on any atom is 0.282 e. The number of nitro groups is 1. The van der Waals surface area contributed by atoms with Crippen LogP contribution in [-0.4, -0.2) is 21.7 Å². The highest BCUT2D eigenvalue weighted by atomic mass is 32.2. The van der Waals surface area contributed by atoms with Crippen LogP contribution < -0.4 is 0 Å². The van der Waals surface area contributed by atoms with E-state index in [1.165, 1.54) is 17.8 Å². The van der Waals surface area contributed by atoms with Gasteiger partial charge in [-0.15, -0.1) is 11.8 Å². The van der Waals surface area contributed by atoms with Gasteiger partial charge in [0.15, 0.2) is 11.6 Å². The van der Waals surface area contributed by atoms with Crippen molar-refractivity contribution in [3.8, 4) is 0 Å². The van der Waals surface area contributed by atoms with Crippen LogP contribution in [0.25, 0.3) is 0 Å². The quantitative estimate of drug-likeness (QED) is 0.346. The zero-order valence-corrected chi connectivity index (χ0v) is 14.3. The summed E-state index contributed by atoms with van der Waals surface area (Å²) in [6, 6.07) is 15.2. The molecule has 2 aromatic carbocycles. The maximum atomic E-state index is 12.8. The fraction of sp³-hybridized carbons (Fsp3) is 0.263. The highest BCUT2D eigenvalue weighted by Crippen LogP contribution is 2.38. The zero-order chi connectivity index (χ0) is 17.8. The van der Waals surface area contributed by atoms with Crippen molar-refractivity contribution in [1.29, 1.82) is 0 Å². The number of nitro benzene ring substituents is 1. The number of hydrogen-bond acceptors (Lipinski definition) is 5. The first-order valence-corrected chi connectivity index (χ1v) is 8.99. The van der Waals surface area contributed by atoms with Crippen LogP contribution in [0.3, 0.4) is 0 Å². The third kappa shape index (κ3) is 3.79. The van der Waals surface area contributed by atoms with Crippen molar-refractivity contribution in [1.82, 2.24) is 0 Å². The molecular formula is C19H17NO4S. The largest absolute Gasteiger partial charge is 0.298 e. The third-order valence-electron chi connectivity index (χ3n) is 4.33. The molecule has 2 aromatic rings. The number of rotatable bonds is 5. The number of para-hydroxylation sites is 1. The Hall–Kier alpha value is -2.47. The summed E-state index contributed by atoms with van der Waals surface area (Å²) < 4.78 is 0. The van der Waals surface area contributed by atoms with E-state index < -0.39 is 16.1 Å². The second-order valence-electron chi connectivity index (χ2n) is 5.95. The lowest BCUT2D eigenvalue weighted by Crippen LogP contribution is -2.35. The Morgan fingerprint density at radius 3 is 2.44 bits per heavy atom. The van der Waals surface area contributed by atoms with Crippen molar-refractivity contribution >= 4 is 29.0 Å². The van der Waals surface area contributed by atoms with Gasteiger partial charge in [0, 0.05) is 11.6 Å². The number of carbonyl (C=O) groups excluding carboxylic acids is 2. The Labute approximate surface area is 149 Å². The Balaban J connectivity index is 1.79. The molecule has 1 aliphatic rings. The van der Waals surface area contributed by atoms with Gasteiger partial charge < -0.3 is 0 Å². The maximum absolute atomic E-state index is 12.8. The van der Waals surface area contributed by atoms with E-state index in [9.17, 15) is 19.7 Å². The van der Waals surface area contributed by atoms with Gasteiger partial charge in [0.1, 0.15) is 0 Å². The molecule has 0 radical (unpaired) electrons. The summed E-state index contributed by atoms with van der Waals surface area (Å²) in [4.78, 5) is 36.6. The lowest BCUT2D eigenvalue weighted by Gasteiger charge is -2.26. The summed E-state index contributed by atoms with van der Waals surface area (Å²) in [6.07, 6.45) is 1.93. The van der Waals surface area contributed by atoms with E-state index in [4.69, 9.17) is 0 Å². The second-order valence-corrected chi connectivity index (χ2v) is 7.19. The van der Waals surface area contributed by atoms with Gasteiger partial charge in [0.25, 0.3) is 5.69 Å². The first-order chi connectivity index (χ1) is 12.1. The van der Waals surface area contributed by atoms with Gasteiger partial charge in [-0.3, -0.25) is 19.7 Å². The van der Waals surface area contributed by atoms with E-state index >= 15 is 0 Å². The van der Waals surface area contributed by atoms with Gasteiger partial charge in [-0.2, -0.15) is 0 Å². The predicted molar refractivity (Wildman–Crippen MR) is 95.9 cm³/mol. The highest BCUT2D eigenvalue weighted by molar-refractivity contribution is 8.00. The fourth-order valence-electron chi connectivity index (χ4n) is 3.06. The van der Waals surface area contributed by atoms with E-state index in [1.54, 1.807) is 42.5 Å². The summed E-state index contributed by atoms with van der Waals surface area (Å²) in [7, 11) is 0. The van der Waals surface area contributed by atoms with Crippen molar-refractivity contribution in [3.63, 3.8) is 0 Å². The van der Waals surface area contributed by atoms with Crippen LogP contribution in [0.4, 0.5) is 5.69 Å². The number of ketones is 2. The van der Waals surface area contributed by atoms with E-state index in [0.29, 0.717) is 23.3 Å². The van der Waals surface area contributed by atoms with Crippen molar-refractivity contribution in [2.75, 3.05) is 0 Å². The Morgan fingerprint density at radius 1 is 1.04 bits per heavy atom. The van der Waals surface area contributed by atoms with E-state index in [1.807, 2.05) is 6.07 Å². The van der Waals surface area contributed by atoms with Gasteiger partial charge in [0.2, 0.25) is 0 Å². The van der Waals surface area contributed by atoms with Crippen molar-refractivity contribution in [2.24, 2.45) is 5.92 Å². The number of nitrogens with zero attached hydrogens (tertiary/aromatic N) is 1. The molecule has 0 saturated heterocycles. The summed E-state index contributed by atoms with van der Waals surface area (Å²) in [5, 5.41) is 10.7. The molecule has 0 aliphatic heterocycles. The van der Waals surface area contributed by atoms with Crippen LogP contribution in [0.15, 0.2) is 59.5 Å². The molecule has 6 heteroatoms. The Morgan fingerprint density at radius 2 is 1.72 bits per heavy atom. The van der Waals surface area contributed by atoms with Crippen LogP contribution in [0, 0.1) is 16.0 Å². The van der Waals surface area contributed by atoms with Gasteiger partial charge in [-0.1, -0.05) is 48.9 Å². The molecule has 1 aliphatic carbocycles. The average molecular weight is 355 g/mol. The summed E-state index contributed by atoms with van der Waals surface area (Å²) in [5.41, 5.74) is 0.536. The smallest absolute Gasteiger partial charge is 0.282 e. The lowest BCUT2D eigenvalue weighted by molar-refractivity contribution is -0.387. The molecule has 0 spiro atoms. The summed E-state index contributed by atoms with van der Waals surface area (Å²) >= 11 is 1.20. The SMILES string of the molecule is O=C(c1ccccc1)[C@@H]1CCC[C@@H](Sc2ccccc2[N+](=O)[O-])C1=O. The molecule has 1 saturated carbocycles. The van der Waals surface area contributed by atoms with Crippen LogP contribution >= 0.6 is 11.8 Å². The van der Waals surface area contributed by atoms with Crippen LogP contribution in [0.2, 0.25) is 0 Å². The predicted octanol–water partition coefficient (Wildman–Crippen LogP) is 4.31. The molecule has 0 amide bonds. The van der Waals surface area contributed by atoms with E-state index in [0.717, 1.165) is 6.42 Å². The summed E-state index contributed by atoms with van der Waals surface area (Å²) in [5.74, 6) is -0.932. The fourth-order valence-corrected chi connectivity index (χ4v) is 4.35. The van der Waals surface area contributed by atoms with Crippen molar-refractivity contribution in [3.05, 3.63) is 70.3 Å². The monoisotopic (exact) mass is 355 g/mol. The summed E-state index contributed by atoms with van der Waals surface area (Å²) in [6.45, 7) is 0. The lowest BCUT2D eigenvalue weighted by atomic mass is 9.82. The minimum atomic E-state index is -0.656. The number of Topliss-reactive ketones (excluding diaryl/α,β-unsaturated/α-hetero) is 2. The Kier molecular flexibility index (Phi) is 5.28. The Bertz CT molecular complexity index is 806. The molecule has 5 nitrogen and oxygen atoms in total. The molecule has 3 rings (SSSR count). The molecule has 0 unspecified atom stereocenters. The van der Waals surface area contributed by atoms with Crippen LogP contribution in [-0.2, 0) is 4.79 Å². The first-order valence-electron chi connectivity index (χ1n) is 8.11. The van der Waals surface area contributed by atoms with E-state index in [2.05, 4.69) is 0 Å². The second kappa shape index (κ2) is 7.61. The standard InChI is InChI=1S/C19H17NO4S/c21-18(13-7-2-1-3-8-13)14-9-6-12-17(19(14)22)25-16-11-5-4-10-15(16)20(23)24/h1-5,7-8,10-11,14,17H,6,9,12H2/t14-,17+/m0/s1. The van der Waals surface area contributed by atoms with Crippen molar-refractivity contribution in [2.45, 2.75) is 29.4 Å². The van der Waals surface area contributed by atoms with Gasteiger partial charge >= 0.3 is 0 Å². The molecule has 1 fully saturated rings. The zero-order valence-electron chi connectivity index (χ0n) is 13.5. The molecule has 25 heavy (non-hydrogen) atoms. The van der Waals surface area contributed by atoms with Gasteiger partial charge in [0.05, 0.1) is 21.0 Å². The minimum Gasteiger partial charge on any atom is -0.298 e. The van der Waals surface area contributed by atoms with Crippen LogP contribution in [0.5, 0.6) is 0 Å². The third-order valence-corrected chi connectivity index (χ3v) is 5.68. The molecule has 0 aromatic heterocycles. The van der Waals surface area contributed by atoms with Crippen molar-refractivity contribution < 1.29 is 14.5 Å². The molecule has 2 atom stereocenters. The van der Waals surface area contributed by atoms with Crippen LogP contribution in [0.1, 0.15) is 29.6 Å². The van der Waals surface area contributed by atoms with E-state index in [-0.39, 0.29) is 17.3 Å². The molecule has 0 N–H and O–H groups in total. The number of benzene rings is 2. The average Bonchev–Trinajstić information content (AvgIpc) is 2.64. The number of thioether (sulfide) groups is 1. The molecule has 128 valence electrons. The van der Waals surface area contributed by atoms with Gasteiger partial charge in [-0.05, 0) is 18.9 Å².